The molecule has 0 atom stereocenters. The van der Waals surface area contributed by atoms with E-state index in [-0.39, 0.29) is 5.60 Å². The predicted molar refractivity (Wildman–Crippen MR) is 79.5 cm³/mol. The highest BCUT2D eigenvalue weighted by Gasteiger charge is 2.28. The molecule has 0 bridgehead atoms. The zero-order chi connectivity index (χ0) is 14.8. The van der Waals surface area contributed by atoms with Crippen molar-refractivity contribution in [2.24, 2.45) is 0 Å². The van der Waals surface area contributed by atoms with Gasteiger partial charge in [0, 0.05) is 13.0 Å². The smallest absolute Gasteiger partial charge is 0.221 e. The van der Waals surface area contributed by atoms with Gasteiger partial charge in [-0.2, -0.15) is 4.98 Å². The molecule has 1 saturated carbocycles. The lowest BCUT2D eigenvalue weighted by atomic mass is 10.2. The van der Waals surface area contributed by atoms with Crippen LogP contribution in [0.1, 0.15) is 50.9 Å². The maximum atomic E-state index is 5.78. The van der Waals surface area contributed by atoms with Gasteiger partial charge in [-0.05, 0) is 40.5 Å². The molecule has 1 aliphatic carbocycles. The molecule has 0 amide bonds. The van der Waals surface area contributed by atoms with Gasteiger partial charge in [0.05, 0.1) is 17.8 Å². The molecular weight excluding hydrogens is 254 g/mol. The van der Waals surface area contributed by atoms with E-state index in [2.05, 4.69) is 15.3 Å². The first kappa shape index (κ1) is 15.0. The summed E-state index contributed by atoms with van der Waals surface area (Å²) in [5.74, 6) is 2.93. The summed E-state index contributed by atoms with van der Waals surface area (Å²) in [6.07, 6.45) is 2.36. The van der Waals surface area contributed by atoms with Gasteiger partial charge in [-0.15, -0.1) is 0 Å². The average Bonchev–Trinajstić information content (AvgIpc) is 3.19. The first-order chi connectivity index (χ1) is 9.40. The molecule has 0 aromatic carbocycles. The van der Waals surface area contributed by atoms with Crippen LogP contribution in [0.2, 0.25) is 0 Å². The molecule has 1 aromatic rings. The highest BCUT2D eigenvalue weighted by atomic mass is 16.5. The highest BCUT2D eigenvalue weighted by Crippen LogP contribution is 2.39. The van der Waals surface area contributed by atoms with E-state index in [1.807, 2.05) is 34.7 Å². The van der Waals surface area contributed by atoms with E-state index in [4.69, 9.17) is 9.47 Å². The lowest BCUT2D eigenvalue weighted by Crippen LogP contribution is -2.22. The molecule has 1 aliphatic rings. The third-order valence-corrected chi connectivity index (χ3v) is 3.15. The fourth-order valence-electron chi connectivity index (χ4n) is 1.91. The van der Waals surface area contributed by atoms with Crippen LogP contribution in [-0.4, -0.2) is 35.8 Å². The van der Waals surface area contributed by atoms with Crippen molar-refractivity contribution in [2.75, 3.05) is 25.6 Å². The number of rotatable bonds is 6. The second kappa shape index (κ2) is 5.95. The molecule has 1 heterocycles. The van der Waals surface area contributed by atoms with Gasteiger partial charge < -0.3 is 14.8 Å². The van der Waals surface area contributed by atoms with Crippen LogP contribution in [0.15, 0.2) is 0 Å². The van der Waals surface area contributed by atoms with Gasteiger partial charge in [0.25, 0.3) is 0 Å². The lowest BCUT2D eigenvalue weighted by molar-refractivity contribution is -0.0169. The minimum Gasteiger partial charge on any atom is -0.475 e. The molecule has 1 fully saturated rings. The standard InChI is InChI=1S/C15H25N3O2/c1-10-12(16-5)17-13(11-6-7-11)18-14(10)19-8-9-20-15(2,3)4/h11H,6-9H2,1-5H3,(H,16,17,18). The quantitative estimate of drug-likeness (QED) is 0.811. The zero-order valence-corrected chi connectivity index (χ0v) is 13.1. The van der Waals surface area contributed by atoms with Crippen molar-refractivity contribution >= 4 is 5.82 Å². The molecule has 5 nitrogen and oxygen atoms in total. The van der Waals surface area contributed by atoms with E-state index in [9.17, 15) is 0 Å². The summed E-state index contributed by atoms with van der Waals surface area (Å²) in [6, 6.07) is 0. The number of ether oxygens (including phenoxy) is 2. The number of nitrogens with zero attached hydrogens (tertiary/aromatic N) is 2. The number of nitrogens with one attached hydrogen (secondary N) is 1. The van der Waals surface area contributed by atoms with Crippen molar-refractivity contribution < 1.29 is 9.47 Å². The minimum absolute atomic E-state index is 0.139. The van der Waals surface area contributed by atoms with Crippen LogP contribution in [0.5, 0.6) is 5.88 Å². The maximum Gasteiger partial charge on any atom is 0.221 e. The Morgan fingerprint density at radius 2 is 1.90 bits per heavy atom. The van der Waals surface area contributed by atoms with E-state index >= 15 is 0 Å². The fourth-order valence-corrected chi connectivity index (χ4v) is 1.91. The first-order valence-corrected chi connectivity index (χ1v) is 7.24. The molecule has 0 aliphatic heterocycles. The molecule has 1 N–H and O–H groups in total. The molecule has 0 radical (unpaired) electrons. The number of aromatic nitrogens is 2. The minimum atomic E-state index is -0.139. The summed E-state index contributed by atoms with van der Waals surface area (Å²) >= 11 is 0. The Kier molecular flexibility index (Phi) is 4.48. The van der Waals surface area contributed by atoms with Gasteiger partial charge in [-0.3, -0.25) is 0 Å². The molecule has 0 unspecified atom stereocenters. The number of anilines is 1. The van der Waals surface area contributed by atoms with Crippen molar-refractivity contribution in [3.8, 4) is 5.88 Å². The Morgan fingerprint density at radius 1 is 1.20 bits per heavy atom. The second-order valence-corrected chi connectivity index (χ2v) is 6.19. The topological polar surface area (TPSA) is 56.3 Å². The molecule has 112 valence electrons. The van der Waals surface area contributed by atoms with Crippen LogP contribution in [-0.2, 0) is 4.74 Å². The predicted octanol–water partition coefficient (Wildman–Crippen LogP) is 2.90. The van der Waals surface area contributed by atoms with Crippen molar-refractivity contribution in [3.63, 3.8) is 0 Å². The zero-order valence-electron chi connectivity index (χ0n) is 13.1. The SMILES string of the molecule is CNc1nc(C2CC2)nc(OCCOC(C)(C)C)c1C. The Labute approximate surface area is 121 Å². The largest absolute Gasteiger partial charge is 0.475 e. The van der Waals surface area contributed by atoms with Crippen LogP contribution < -0.4 is 10.1 Å². The van der Waals surface area contributed by atoms with Gasteiger partial charge in [0.15, 0.2) is 0 Å². The van der Waals surface area contributed by atoms with Crippen LogP contribution in [0, 0.1) is 6.92 Å². The van der Waals surface area contributed by atoms with Crippen molar-refractivity contribution in [2.45, 2.75) is 52.1 Å². The van der Waals surface area contributed by atoms with E-state index in [0.29, 0.717) is 25.0 Å². The molecular formula is C15H25N3O2. The van der Waals surface area contributed by atoms with Gasteiger partial charge in [0.2, 0.25) is 5.88 Å². The van der Waals surface area contributed by atoms with Crippen LogP contribution in [0.4, 0.5) is 5.82 Å². The van der Waals surface area contributed by atoms with Gasteiger partial charge >= 0.3 is 0 Å². The average molecular weight is 279 g/mol. The Bertz CT molecular complexity index is 465. The summed E-state index contributed by atoms with van der Waals surface area (Å²) in [5, 5.41) is 3.11. The Balaban J connectivity index is 2.00. The molecule has 2 rings (SSSR count). The molecule has 20 heavy (non-hydrogen) atoms. The summed E-state index contributed by atoms with van der Waals surface area (Å²) in [6.45, 7) is 9.14. The summed E-state index contributed by atoms with van der Waals surface area (Å²) < 4.78 is 11.4. The molecule has 0 spiro atoms. The van der Waals surface area contributed by atoms with Crippen LogP contribution in [0.25, 0.3) is 0 Å². The normalized spacial score (nSPS) is 15.2. The molecule has 5 heteroatoms. The summed E-state index contributed by atoms with van der Waals surface area (Å²) in [5.41, 5.74) is 0.812. The fraction of sp³-hybridized carbons (Fsp3) is 0.733. The first-order valence-electron chi connectivity index (χ1n) is 7.24. The van der Waals surface area contributed by atoms with E-state index in [1.165, 1.54) is 12.8 Å². The van der Waals surface area contributed by atoms with E-state index in [1.54, 1.807) is 0 Å². The highest BCUT2D eigenvalue weighted by molar-refractivity contribution is 5.48. The monoisotopic (exact) mass is 279 g/mol. The second-order valence-electron chi connectivity index (χ2n) is 6.19. The van der Waals surface area contributed by atoms with Crippen LogP contribution >= 0.6 is 0 Å². The molecule has 0 saturated heterocycles. The Hall–Kier alpha value is -1.36. The van der Waals surface area contributed by atoms with Crippen molar-refractivity contribution in [1.29, 1.82) is 0 Å². The van der Waals surface area contributed by atoms with Gasteiger partial charge in [-0.25, -0.2) is 4.98 Å². The van der Waals surface area contributed by atoms with Crippen molar-refractivity contribution in [3.05, 3.63) is 11.4 Å². The lowest BCUT2D eigenvalue weighted by Gasteiger charge is -2.20. The Morgan fingerprint density at radius 3 is 2.45 bits per heavy atom. The number of hydrogen-bond acceptors (Lipinski definition) is 5. The maximum absolute atomic E-state index is 5.78. The molecule has 1 aromatic heterocycles. The third-order valence-electron chi connectivity index (χ3n) is 3.15. The van der Waals surface area contributed by atoms with Crippen molar-refractivity contribution in [1.82, 2.24) is 9.97 Å². The third kappa shape index (κ3) is 4.07. The van der Waals surface area contributed by atoms with Crippen LogP contribution in [0.3, 0.4) is 0 Å². The van der Waals surface area contributed by atoms with Gasteiger partial charge in [-0.1, -0.05) is 0 Å². The van der Waals surface area contributed by atoms with E-state index < -0.39 is 0 Å². The van der Waals surface area contributed by atoms with E-state index in [0.717, 1.165) is 17.2 Å². The number of hydrogen-bond donors (Lipinski definition) is 1. The summed E-state index contributed by atoms with van der Waals surface area (Å²) in [7, 11) is 1.87. The van der Waals surface area contributed by atoms with Gasteiger partial charge in [0.1, 0.15) is 18.2 Å². The summed E-state index contributed by atoms with van der Waals surface area (Å²) in [4.78, 5) is 9.10.